The van der Waals surface area contributed by atoms with E-state index < -0.39 is 0 Å². The first-order valence-electron chi connectivity index (χ1n) is 11.4. The van der Waals surface area contributed by atoms with Crippen molar-refractivity contribution in [2.24, 2.45) is 0 Å². The van der Waals surface area contributed by atoms with Gasteiger partial charge in [-0.05, 0) is 61.0 Å². The highest BCUT2D eigenvalue weighted by Crippen LogP contribution is 2.36. The highest BCUT2D eigenvalue weighted by Gasteiger charge is 2.09. The number of nitrogens with two attached hydrogens (primary N) is 2. The molecule has 8 N–H and O–H groups in total. The molecular formula is C26H33N7O. The van der Waals surface area contributed by atoms with E-state index in [9.17, 15) is 5.11 Å². The number of imidazole rings is 1. The number of anilines is 7. The summed E-state index contributed by atoms with van der Waals surface area (Å²) in [6.07, 6.45) is 6.57. The molecule has 0 unspecified atom stereocenters. The van der Waals surface area contributed by atoms with E-state index in [1.807, 2.05) is 74.9 Å². The van der Waals surface area contributed by atoms with E-state index in [-0.39, 0.29) is 5.75 Å². The zero-order chi connectivity index (χ0) is 24.3. The Morgan fingerprint density at radius 1 is 0.853 bits per heavy atom. The Morgan fingerprint density at radius 3 is 2.12 bits per heavy atom. The van der Waals surface area contributed by atoms with Crippen molar-refractivity contribution in [2.45, 2.75) is 26.8 Å². The first-order chi connectivity index (χ1) is 16.6. The molecule has 4 aromatic rings. The molecule has 0 saturated carbocycles. The third kappa shape index (κ3) is 6.83. The van der Waals surface area contributed by atoms with Gasteiger partial charge in [-0.15, -0.1) is 0 Å². The second-order valence-corrected chi connectivity index (χ2v) is 7.49. The van der Waals surface area contributed by atoms with Gasteiger partial charge in [-0.1, -0.05) is 13.8 Å². The number of aromatic hydroxyl groups is 1. The molecule has 8 nitrogen and oxygen atoms in total. The van der Waals surface area contributed by atoms with Crippen molar-refractivity contribution in [3.63, 3.8) is 0 Å². The van der Waals surface area contributed by atoms with Gasteiger partial charge in [-0.25, -0.2) is 4.98 Å². The van der Waals surface area contributed by atoms with Gasteiger partial charge in [-0.3, -0.25) is 0 Å². The van der Waals surface area contributed by atoms with E-state index in [0.717, 1.165) is 36.6 Å². The predicted octanol–water partition coefficient (Wildman–Crippen LogP) is 5.77. The second kappa shape index (κ2) is 12.1. The monoisotopic (exact) mass is 459 g/mol. The first-order valence-corrected chi connectivity index (χ1v) is 11.4. The number of aromatic nitrogens is 2. The maximum absolute atomic E-state index is 10.4. The van der Waals surface area contributed by atoms with Crippen LogP contribution in [-0.4, -0.2) is 21.2 Å². The van der Waals surface area contributed by atoms with E-state index in [1.54, 1.807) is 12.3 Å². The van der Waals surface area contributed by atoms with Gasteiger partial charge in [0.1, 0.15) is 5.75 Å². The molecule has 1 aromatic heterocycles. The van der Waals surface area contributed by atoms with E-state index in [4.69, 9.17) is 11.5 Å². The van der Waals surface area contributed by atoms with E-state index >= 15 is 0 Å². The van der Waals surface area contributed by atoms with E-state index in [1.165, 1.54) is 6.07 Å². The third-order valence-electron chi connectivity index (χ3n) is 5.00. The van der Waals surface area contributed by atoms with Gasteiger partial charge in [0.25, 0.3) is 0 Å². The largest absolute Gasteiger partial charge is 0.506 e. The zero-order valence-corrected chi connectivity index (χ0v) is 19.6. The quantitative estimate of drug-likeness (QED) is 0.0812. The first kappa shape index (κ1) is 24.3. The molecule has 0 fully saturated rings. The summed E-state index contributed by atoms with van der Waals surface area (Å²) in [5.41, 5.74) is 16.9. The lowest BCUT2D eigenvalue weighted by Gasteiger charge is -2.15. The van der Waals surface area contributed by atoms with Crippen LogP contribution in [0.15, 0.2) is 79.4 Å². The molecule has 0 amide bonds. The molecule has 4 rings (SSSR count). The number of rotatable bonds is 9. The average Bonchev–Trinajstić information content (AvgIpc) is 3.37. The van der Waals surface area contributed by atoms with Crippen LogP contribution in [0.2, 0.25) is 0 Å². The summed E-state index contributed by atoms with van der Waals surface area (Å²) in [4.78, 5) is 4.05. The molecule has 0 bridgehead atoms. The highest BCUT2D eigenvalue weighted by atomic mass is 16.3. The van der Waals surface area contributed by atoms with Crippen LogP contribution in [0.4, 0.5) is 39.8 Å². The number of nitrogen functional groups attached to an aromatic ring is 2. The summed E-state index contributed by atoms with van der Waals surface area (Å²) in [7, 11) is 0. The minimum atomic E-state index is 0.0760. The van der Waals surface area contributed by atoms with Crippen LogP contribution in [0.1, 0.15) is 20.3 Å². The predicted molar refractivity (Wildman–Crippen MR) is 143 cm³/mol. The van der Waals surface area contributed by atoms with Crippen molar-refractivity contribution >= 4 is 39.8 Å². The zero-order valence-electron chi connectivity index (χ0n) is 19.6. The molecule has 0 aliphatic carbocycles. The maximum Gasteiger partial charge on any atom is 0.141 e. The lowest BCUT2D eigenvalue weighted by molar-refractivity contribution is 0.478. The topological polar surface area (TPSA) is 126 Å². The molecule has 0 aliphatic heterocycles. The van der Waals surface area contributed by atoms with Gasteiger partial charge in [0.2, 0.25) is 0 Å². The molecule has 1 heterocycles. The number of hydrogen-bond acceptors (Lipinski definition) is 7. The third-order valence-corrected chi connectivity index (χ3v) is 5.00. The van der Waals surface area contributed by atoms with Gasteiger partial charge in [0, 0.05) is 54.3 Å². The van der Waals surface area contributed by atoms with Crippen molar-refractivity contribution in [1.29, 1.82) is 0 Å². The fourth-order valence-corrected chi connectivity index (χ4v) is 3.28. The summed E-state index contributed by atoms with van der Waals surface area (Å²) < 4.78 is 2.06. The smallest absolute Gasteiger partial charge is 0.141 e. The van der Waals surface area contributed by atoms with Crippen molar-refractivity contribution in [3.8, 4) is 5.75 Å². The van der Waals surface area contributed by atoms with Crippen LogP contribution >= 0.6 is 0 Å². The number of hydrogen-bond donors (Lipinski definition) is 6. The Hall–Kier alpha value is -4.33. The molecule has 178 valence electrons. The van der Waals surface area contributed by atoms with E-state index in [2.05, 4.69) is 25.5 Å². The van der Waals surface area contributed by atoms with Crippen molar-refractivity contribution in [1.82, 2.24) is 9.55 Å². The lowest BCUT2D eigenvalue weighted by atomic mass is 10.2. The number of aryl methyl sites for hydroxylation is 1. The molecule has 0 aliphatic rings. The van der Waals surface area contributed by atoms with Gasteiger partial charge in [-0.2, -0.15) is 0 Å². The SMILES string of the molecule is CC.Nc1ccc(Nc2cc(Nc3ccc(NCCCn4ccnc4)cc3)c(O)cc2N)cc1. The summed E-state index contributed by atoms with van der Waals surface area (Å²) in [6.45, 7) is 5.79. The fourth-order valence-electron chi connectivity index (χ4n) is 3.28. The summed E-state index contributed by atoms with van der Waals surface area (Å²) in [5.74, 6) is 0.0760. The number of nitrogens with one attached hydrogen (secondary N) is 3. The van der Waals surface area contributed by atoms with Crippen LogP contribution < -0.4 is 27.4 Å². The van der Waals surface area contributed by atoms with Gasteiger partial charge in [0.05, 0.1) is 23.4 Å². The van der Waals surface area contributed by atoms with Crippen LogP contribution in [0, 0.1) is 0 Å². The van der Waals surface area contributed by atoms with Gasteiger partial charge >= 0.3 is 0 Å². The molecule has 34 heavy (non-hydrogen) atoms. The minimum Gasteiger partial charge on any atom is -0.506 e. The van der Waals surface area contributed by atoms with Gasteiger partial charge < -0.3 is 37.1 Å². The van der Waals surface area contributed by atoms with Crippen LogP contribution in [0.5, 0.6) is 5.75 Å². The molecular weight excluding hydrogens is 426 g/mol. The van der Waals surface area contributed by atoms with Gasteiger partial charge in [0.15, 0.2) is 0 Å². The van der Waals surface area contributed by atoms with Crippen LogP contribution in [-0.2, 0) is 6.54 Å². The average molecular weight is 460 g/mol. The summed E-state index contributed by atoms with van der Waals surface area (Å²) >= 11 is 0. The summed E-state index contributed by atoms with van der Waals surface area (Å²) in [6, 6.07) is 18.6. The van der Waals surface area contributed by atoms with E-state index in [0.29, 0.717) is 22.7 Å². The molecule has 3 aromatic carbocycles. The number of phenols is 1. The maximum atomic E-state index is 10.4. The standard InChI is InChI=1S/C24H27N7O.C2H6/c25-17-2-4-19(5-3-17)29-22-15-23(24(32)14-21(22)26)30-20-8-6-18(7-9-20)28-10-1-12-31-13-11-27-16-31;1-2/h2-9,11,13-16,28-30,32H,1,10,12,25-26H2;1-2H3. The normalized spacial score (nSPS) is 10.2. The molecule has 0 atom stereocenters. The Bertz CT molecular complexity index is 1140. The van der Waals surface area contributed by atoms with Crippen LogP contribution in [0.25, 0.3) is 0 Å². The lowest BCUT2D eigenvalue weighted by Crippen LogP contribution is -2.05. The molecule has 0 radical (unpaired) electrons. The number of phenolic OH excluding ortho intramolecular Hbond substituents is 1. The molecule has 0 saturated heterocycles. The Balaban J connectivity index is 0.00000158. The number of nitrogens with zero attached hydrogens (tertiary/aromatic N) is 2. The van der Waals surface area contributed by atoms with Crippen molar-refractivity contribution in [3.05, 3.63) is 79.4 Å². The number of benzene rings is 3. The Kier molecular flexibility index (Phi) is 8.62. The second-order valence-electron chi connectivity index (χ2n) is 7.49. The minimum absolute atomic E-state index is 0.0760. The fraction of sp³-hybridized carbons (Fsp3) is 0.192. The van der Waals surface area contributed by atoms with Crippen molar-refractivity contribution in [2.75, 3.05) is 34.0 Å². The Labute approximate surface area is 200 Å². The Morgan fingerprint density at radius 2 is 1.47 bits per heavy atom. The van der Waals surface area contributed by atoms with Crippen LogP contribution in [0.3, 0.4) is 0 Å². The molecule has 0 spiro atoms. The highest BCUT2D eigenvalue weighted by molar-refractivity contribution is 5.82. The molecule has 8 heteroatoms. The van der Waals surface area contributed by atoms with Crippen molar-refractivity contribution < 1.29 is 5.11 Å². The summed E-state index contributed by atoms with van der Waals surface area (Å²) in [5, 5.41) is 20.3.